The number of aryl methyl sites for hydroxylation is 1. The van der Waals surface area contributed by atoms with E-state index >= 15 is 0 Å². The zero-order valence-electron chi connectivity index (χ0n) is 10.4. The van der Waals surface area contributed by atoms with Gasteiger partial charge < -0.3 is 5.32 Å². The Morgan fingerprint density at radius 2 is 1.89 bits per heavy atom. The SMILES string of the molecule is Cc1ccc(NCc2ccc(C#N)cc2Cl)c(Cl)c1. The molecule has 0 saturated carbocycles. The number of nitrogens with zero attached hydrogens (tertiary/aromatic N) is 1. The molecule has 0 amide bonds. The van der Waals surface area contributed by atoms with Crippen LogP contribution < -0.4 is 5.32 Å². The highest BCUT2D eigenvalue weighted by molar-refractivity contribution is 6.33. The lowest BCUT2D eigenvalue weighted by atomic mass is 10.1. The molecule has 0 aromatic heterocycles. The van der Waals surface area contributed by atoms with Gasteiger partial charge in [0.05, 0.1) is 22.3 Å². The van der Waals surface area contributed by atoms with Crippen LogP contribution in [-0.2, 0) is 6.54 Å². The van der Waals surface area contributed by atoms with Gasteiger partial charge in [-0.3, -0.25) is 0 Å². The molecule has 2 rings (SSSR count). The Bertz CT molecular complexity index is 645. The summed E-state index contributed by atoms with van der Waals surface area (Å²) in [6.07, 6.45) is 0. The Morgan fingerprint density at radius 3 is 2.53 bits per heavy atom. The van der Waals surface area contributed by atoms with Crippen molar-refractivity contribution in [1.29, 1.82) is 5.26 Å². The van der Waals surface area contributed by atoms with Crippen molar-refractivity contribution in [2.45, 2.75) is 13.5 Å². The average Bonchev–Trinajstić information content (AvgIpc) is 2.39. The maximum absolute atomic E-state index is 8.78. The molecule has 2 aromatic carbocycles. The normalized spacial score (nSPS) is 10.0. The smallest absolute Gasteiger partial charge is 0.0992 e. The van der Waals surface area contributed by atoms with Crippen LogP contribution in [0.2, 0.25) is 10.0 Å². The standard InChI is InChI=1S/C15H12Cl2N2/c1-10-2-5-15(14(17)6-10)19-9-12-4-3-11(8-18)7-13(12)16/h2-7,19H,9H2,1H3. The molecule has 0 atom stereocenters. The first kappa shape index (κ1) is 13.7. The van der Waals surface area contributed by atoms with Crippen molar-refractivity contribution in [2.24, 2.45) is 0 Å². The highest BCUT2D eigenvalue weighted by Gasteiger charge is 2.04. The molecule has 19 heavy (non-hydrogen) atoms. The molecule has 1 N–H and O–H groups in total. The summed E-state index contributed by atoms with van der Waals surface area (Å²) >= 11 is 12.3. The first-order valence-corrected chi connectivity index (χ1v) is 6.54. The Morgan fingerprint density at radius 1 is 1.11 bits per heavy atom. The molecule has 96 valence electrons. The fourth-order valence-corrected chi connectivity index (χ4v) is 2.26. The van der Waals surface area contributed by atoms with E-state index in [2.05, 4.69) is 11.4 Å². The lowest BCUT2D eigenvalue weighted by Crippen LogP contribution is -2.01. The van der Waals surface area contributed by atoms with E-state index in [-0.39, 0.29) is 0 Å². The largest absolute Gasteiger partial charge is 0.380 e. The Balaban J connectivity index is 2.13. The second kappa shape index (κ2) is 5.97. The summed E-state index contributed by atoms with van der Waals surface area (Å²) in [5.41, 5.74) is 3.47. The van der Waals surface area contributed by atoms with E-state index in [4.69, 9.17) is 28.5 Å². The Labute approximate surface area is 122 Å². The van der Waals surface area contributed by atoms with Crippen LogP contribution in [0.25, 0.3) is 0 Å². The van der Waals surface area contributed by atoms with Gasteiger partial charge in [-0.05, 0) is 42.3 Å². The summed E-state index contributed by atoms with van der Waals surface area (Å²) in [7, 11) is 0. The topological polar surface area (TPSA) is 35.8 Å². The molecule has 0 radical (unpaired) electrons. The number of nitriles is 1. The molecule has 2 aromatic rings. The van der Waals surface area contributed by atoms with Crippen molar-refractivity contribution in [3.05, 3.63) is 63.1 Å². The highest BCUT2D eigenvalue weighted by Crippen LogP contribution is 2.25. The maximum Gasteiger partial charge on any atom is 0.0992 e. The van der Waals surface area contributed by atoms with Crippen LogP contribution in [0.1, 0.15) is 16.7 Å². The molecule has 0 bridgehead atoms. The molecular weight excluding hydrogens is 279 g/mol. The van der Waals surface area contributed by atoms with Crippen LogP contribution in [0.5, 0.6) is 0 Å². The van der Waals surface area contributed by atoms with Crippen molar-refractivity contribution >= 4 is 28.9 Å². The number of anilines is 1. The van der Waals surface area contributed by atoms with E-state index < -0.39 is 0 Å². The number of rotatable bonds is 3. The van der Waals surface area contributed by atoms with Crippen LogP contribution in [0.15, 0.2) is 36.4 Å². The number of hydrogen-bond acceptors (Lipinski definition) is 2. The summed E-state index contributed by atoms with van der Waals surface area (Å²) in [6.45, 7) is 2.56. The molecule has 0 unspecified atom stereocenters. The van der Waals surface area contributed by atoms with Crippen molar-refractivity contribution in [1.82, 2.24) is 0 Å². The van der Waals surface area contributed by atoms with Gasteiger partial charge in [-0.15, -0.1) is 0 Å². The van der Waals surface area contributed by atoms with E-state index in [1.54, 1.807) is 12.1 Å². The first-order valence-electron chi connectivity index (χ1n) is 5.78. The van der Waals surface area contributed by atoms with E-state index in [0.717, 1.165) is 16.8 Å². The lowest BCUT2D eigenvalue weighted by Gasteiger charge is -2.10. The van der Waals surface area contributed by atoms with Crippen LogP contribution in [0.3, 0.4) is 0 Å². The van der Waals surface area contributed by atoms with Gasteiger partial charge >= 0.3 is 0 Å². The highest BCUT2D eigenvalue weighted by atomic mass is 35.5. The monoisotopic (exact) mass is 290 g/mol. The quantitative estimate of drug-likeness (QED) is 0.882. The molecule has 0 saturated heterocycles. The average molecular weight is 291 g/mol. The van der Waals surface area contributed by atoms with Crippen molar-refractivity contribution in [3.8, 4) is 6.07 Å². The summed E-state index contributed by atoms with van der Waals surface area (Å²) in [6, 6.07) is 13.2. The minimum absolute atomic E-state index is 0.558. The third-order valence-corrected chi connectivity index (χ3v) is 3.44. The molecule has 0 aliphatic carbocycles. The van der Waals surface area contributed by atoms with Crippen molar-refractivity contribution in [2.75, 3.05) is 5.32 Å². The van der Waals surface area contributed by atoms with Gasteiger partial charge in [0.15, 0.2) is 0 Å². The third kappa shape index (κ3) is 3.41. The fourth-order valence-electron chi connectivity index (χ4n) is 1.71. The van der Waals surface area contributed by atoms with Crippen molar-refractivity contribution in [3.63, 3.8) is 0 Å². The minimum Gasteiger partial charge on any atom is -0.380 e. The van der Waals surface area contributed by atoms with Gasteiger partial charge in [-0.1, -0.05) is 35.3 Å². The van der Waals surface area contributed by atoms with E-state index in [1.165, 1.54) is 0 Å². The fraction of sp³-hybridized carbons (Fsp3) is 0.133. The predicted molar refractivity (Wildman–Crippen MR) is 79.7 cm³/mol. The molecule has 0 aliphatic heterocycles. The van der Waals surface area contributed by atoms with Gasteiger partial charge in [0.1, 0.15) is 0 Å². The van der Waals surface area contributed by atoms with Crippen molar-refractivity contribution < 1.29 is 0 Å². The molecule has 0 spiro atoms. The molecule has 2 nitrogen and oxygen atoms in total. The van der Waals surface area contributed by atoms with Crippen LogP contribution in [-0.4, -0.2) is 0 Å². The predicted octanol–water partition coefficient (Wildman–Crippen LogP) is 4.79. The summed E-state index contributed by atoms with van der Waals surface area (Å²) in [5.74, 6) is 0. The Kier molecular flexibility index (Phi) is 4.31. The van der Waals surface area contributed by atoms with Crippen LogP contribution in [0, 0.1) is 18.3 Å². The van der Waals surface area contributed by atoms with E-state index in [1.807, 2.05) is 31.2 Å². The van der Waals surface area contributed by atoms with Crippen LogP contribution in [0.4, 0.5) is 5.69 Å². The van der Waals surface area contributed by atoms with Gasteiger partial charge in [0.25, 0.3) is 0 Å². The second-order valence-corrected chi connectivity index (χ2v) is 5.07. The second-order valence-electron chi connectivity index (χ2n) is 4.25. The summed E-state index contributed by atoms with van der Waals surface area (Å²) < 4.78 is 0. The zero-order chi connectivity index (χ0) is 13.8. The molecule has 4 heteroatoms. The zero-order valence-corrected chi connectivity index (χ0v) is 11.9. The number of hydrogen-bond donors (Lipinski definition) is 1. The number of halogens is 2. The molecular formula is C15H12Cl2N2. The number of nitrogens with one attached hydrogen (secondary N) is 1. The minimum atomic E-state index is 0.558. The lowest BCUT2D eigenvalue weighted by molar-refractivity contribution is 1.15. The van der Waals surface area contributed by atoms with Gasteiger partial charge in [-0.25, -0.2) is 0 Å². The van der Waals surface area contributed by atoms with Crippen LogP contribution >= 0.6 is 23.2 Å². The Hall–Kier alpha value is -1.69. The van der Waals surface area contributed by atoms with Gasteiger partial charge in [0, 0.05) is 11.6 Å². The molecule has 0 aliphatic rings. The van der Waals surface area contributed by atoms with Gasteiger partial charge in [0.2, 0.25) is 0 Å². The summed E-state index contributed by atoms with van der Waals surface area (Å²) in [4.78, 5) is 0. The maximum atomic E-state index is 8.78. The van der Waals surface area contributed by atoms with Gasteiger partial charge in [-0.2, -0.15) is 5.26 Å². The first-order chi connectivity index (χ1) is 9.10. The summed E-state index contributed by atoms with van der Waals surface area (Å²) in [5, 5.41) is 13.3. The number of benzene rings is 2. The van der Waals surface area contributed by atoms with E-state index in [9.17, 15) is 0 Å². The third-order valence-electron chi connectivity index (χ3n) is 2.78. The van der Waals surface area contributed by atoms with E-state index in [0.29, 0.717) is 22.2 Å². The molecule has 0 heterocycles. The molecule has 0 fully saturated rings.